The largest absolute Gasteiger partial charge is 0.381 e. The van der Waals surface area contributed by atoms with Crippen LogP contribution in [0.5, 0.6) is 0 Å². The highest BCUT2D eigenvalue weighted by Crippen LogP contribution is 2.30. The lowest BCUT2D eigenvalue weighted by Crippen LogP contribution is -2.51. The van der Waals surface area contributed by atoms with Crippen molar-refractivity contribution in [2.75, 3.05) is 20.2 Å². The van der Waals surface area contributed by atoms with Gasteiger partial charge in [0.15, 0.2) is 0 Å². The normalized spacial score (nSPS) is 38.2. The molecule has 2 fully saturated rings. The van der Waals surface area contributed by atoms with E-state index in [-0.39, 0.29) is 0 Å². The van der Waals surface area contributed by atoms with Crippen LogP contribution in [0.15, 0.2) is 0 Å². The van der Waals surface area contributed by atoms with Gasteiger partial charge in [0.05, 0.1) is 6.10 Å². The van der Waals surface area contributed by atoms with Gasteiger partial charge in [-0.05, 0) is 52.0 Å². The first-order valence-electron chi connectivity index (χ1n) is 7.76. The number of methoxy groups -OCH3 is 1. The number of hydrogen-bond donors (Lipinski definition) is 1. The molecule has 1 aliphatic heterocycles. The summed E-state index contributed by atoms with van der Waals surface area (Å²) in [6.45, 7) is 7.09. The molecule has 1 aliphatic carbocycles. The molecule has 0 aromatic carbocycles. The number of likely N-dealkylation sites (tertiary alicyclic amines) is 1. The topological polar surface area (TPSA) is 24.5 Å². The molecular weight excluding hydrogens is 224 g/mol. The van der Waals surface area contributed by atoms with Gasteiger partial charge in [0.1, 0.15) is 0 Å². The maximum Gasteiger partial charge on any atom is 0.0586 e. The van der Waals surface area contributed by atoms with Crippen LogP contribution >= 0.6 is 0 Å². The van der Waals surface area contributed by atoms with E-state index in [2.05, 4.69) is 24.1 Å². The highest BCUT2D eigenvalue weighted by atomic mass is 16.5. The molecule has 3 nitrogen and oxygen atoms in total. The van der Waals surface area contributed by atoms with Crippen molar-refractivity contribution in [3.8, 4) is 0 Å². The third-order valence-electron chi connectivity index (χ3n) is 4.77. The van der Waals surface area contributed by atoms with Crippen molar-refractivity contribution in [3.05, 3.63) is 0 Å². The molecule has 0 aromatic heterocycles. The fraction of sp³-hybridized carbons (Fsp3) is 1.00. The van der Waals surface area contributed by atoms with Crippen molar-refractivity contribution in [3.63, 3.8) is 0 Å². The van der Waals surface area contributed by atoms with Crippen molar-refractivity contribution < 1.29 is 4.74 Å². The molecule has 0 bridgehead atoms. The zero-order valence-corrected chi connectivity index (χ0v) is 12.3. The van der Waals surface area contributed by atoms with Crippen molar-refractivity contribution in [2.45, 2.75) is 76.6 Å². The maximum absolute atomic E-state index is 5.50. The standard InChI is InChI=1S/C15H30N2O/c1-4-8-16-13-7-9-17(12(2)10-13)14-5-6-15(11-14)18-3/h12-16H,4-11H2,1-3H3. The second kappa shape index (κ2) is 6.88. The number of nitrogens with zero attached hydrogens (tertiary/aromatic N) is 1. The molecule has 0 radical (unpaired) electrons. The number of piperidine rings is 1. The highest BCUT2D eigenvalue weighted by molar-refractivity contribution is 4.91. The molecule has 1 N–H and O–H groups in total. The Labute approximate surface area is 112 Å². The molecule has 0 amide bonds. The van der Waals surface area contributed by atoms with Crippen LogP contribution < -0.4 is 5.32 Å². The van der Waals surface area contributed by atoms with E-state index >= 15 is 0 Å². The predicted octanol–water partition coefficient (Wildman–Crippen LogP) is 2.41. The monoisotopic (exact) mass is 254 g/mol. The lowest BCUT2D eigenvalue weighted by molar-refractivity contribution is 0.0672. The minimum absolute atomic E-state index is 0.512. The summed E-state index contributed by atoms with van der Waals surface area (Å²) in [5.74, 6) is 0. The molecule has 4 unspecified atom stereocenters. The molecule has 106 valence electrons. The Balaban J connectivity index is 1.78. The fourth-order valence-electron chi connectivity index (χ4n) is 3.70. The van der Waals surface area contributed by atoms with Crippen molar-refractivity contribution in [1.29, 1.82) is 0 Å². The third kappa shape index (κ3) is 3.46. The van der Waals surface area contributed by atoms with Gasteiger partial charge in [-0.15, -0.1) is 0 Å². The first-order chi connectivity index (χ1) is 8.74. The summed E-state index contributed by atoms with van der Waals surface area (Å²) >= 11 is 0. The van der Waals surface area contributed by atoms with Crippen molar-refractivity contribution >= 4 is 0 Å². The number of hydrogen-bond acceptors (Lipinski definition) is 3. The minimum Gasteiger partial charge on any atom is -0.381 e. The van der Waals surface area contributed by atoms with Crippen LogP contribution in [-0.2, 0) is 4.74 Å². The van der Waals surface area contributed by atoms with Gasteiger partial charge in [0.2, 0.25) is 0 Å². The zero-order chi connectivity index (χ0) is 13.0. The van der Waals surface area contributed by atoms with E-state index in [1.54, 1.807) is 0 Å². The summed E-state index contributed by atoms with van der Waals surface area (Å²) in [6.07, 6.45) is 8.21. The molecular formula is C15H30N2O. The number of rotatable bonds is 5. The molecule has 0 spiro atoms. The van der Waals surface area contributed by atoms with Crippen LogP contribution in [0.25, 0.3) is 0 Å². The lowest BCUT2D eigenvalue weighted by atomic mass is 9.96. The van der Waals surface area contributed by atoms with Crippen LogP contribution in [0.3, 0.4) is 0 Å². The average Bonchev–Trinajstić information content (AvgIpc) is 2.85. The molecule has 3 heteroatoms. The second-order valence-electron chi connectivity index (χ2n) is 6.09. The molecule has 1 heterocycles. The highest BCUT2D eigenvalue weighted by Gasteiger charge is 2.34. The van der Waals surface area contributed by atoms with Gasteiger partial charge < -0.3 is 10.1 Å². The summed E-state index contributed by atoms with van der Waals surface area (Å²) in [5.41, 5.74) is 0. The van der Waals surface area contributed by atoms with E-state index in [1.165, 1.54) is 51.6 Å². The van der Waals surface area contributed by atoms with Gasteiger partial charge in [-0.2, -0.15) is 0 Å². The first-order valence-corrected chi connectivity index (χ1v) is 7.76. The molecule has 2 rings (SSSR count). The first kappa shape index (κ1) is 14.3. The van der Waals surface area contributed by atoms with E-state index in [9.17, 15) is 0 Å². The molecule has 2 aliphatic rings. The number of ether oxygens (including phenoxy) is 1. The van der Waals surface area contributed by atoms with Crippen molar-refractivity contribution in [2.24, 2.45) is 0 Å². The minimum atomic E-state index is 0.512. The summed E-state index contributed by atoms with van der Waals surface area (Å²) in [6, 6.07) is 2.25. The SMILES string of the molecule is CCCNC1CCN(C2CCC(OC)C2)C(C)C1. The molecule has 18 heavy (non-hydrogen) atoms. The van der Waals surface area contributed by atoms with Crippen LogP contribution in [0.2, 0.25) is 0 Å². The summed E-state index contributed by atoms with van der Waals surface area (Å²) in [5, 5.41) is 3.68. The molecule has 0 aromatic rings. The Kier molecular flexibility index (Phi) is 5.46. The maximum atomic E-state index is 5.50. The lowest BCUT2D eigenvalue weighted by Gasteiger charge is -2.41. The van der Waals surface area contributed by atoms with Crippen LogP contribution in [0, 0.1) is 0 Å². The van der Waals surface area contributed by atoms with E-state index in [0.29, 0.717) is 6.10 Å². The van der Waals surface area contributed by atoms with Gasteiger partial charge in [-0.1, -0.05) is 6.92 Å². The Morgan fingerprint density at radius 1 is 1.22 bits per heavy atom. The smallest absolute Gasteiger partial charge is 0.0586 e. The molecule has 4 atom stereocenters. The quantitative estimate of drug-likeness (QED) is 0.815. The zero-order valence-electron chi connectivity index (χ0n) is 12.3. The number of nitrogens with one attached hydrogen (secondary N) is 1. The van der Waals surface area contributed by atoms with Crippen LogP contribution in [0.1, 0.15) is 52.4 Å². The fourth-order valence-corrected chi connectivity index (χ4v) is 3.70. The Morgan fingerprint density at radius 3 is 2.67 bits per heavy atom. The van der Waals surface area contributed by atoms with Crippen LogP contribution in [0.4, 0.5) is 0 Å². The Bertz CT molecular complexity index is 247. The molecule has 1 saturated heterocycles. The van der Waals surface area contributed by atoms with Gasteiger partial charge in [0.25, 0.3) is 0 Å². The third-order valence-corrected chi connectivity index (χ3v) is 4.77. The van der Waals surface area contributed by atoms with Gasteiger partial charge in [0, 0.05) is 31.8 Å². The average molecular weight is 254 g/mol. The predicted molar refractivity (Wildman–Crippen MR) is 75.9 cm³/mol. The van der Waals surface area contributed by atoms with E-state index < -0.39 is 0 Å². The van der Waals surface area contributed by atoms with Gasteiger partial charge in [-0.25, -0.2) is 0 Å². The van der Waals surface area contributed by atoms with Crippen LogP contribution in [-0.4, -0.2) is 49.3 Å². The summed E-state index contributed by atoms with van der Waals surface area (Å²) in [7, 11) is 1.86. The Morgan fingerprint density at radius 2 is 2.06 bits per heavy atom. The Hall–Kier alpha value is -0.120. The van der Waals surface area contributed by atoms with E-state index in [4.69, 9.17) is 4.74 Å². The summed E-state index contributed by atoms with van der Waals surface area (Å²) in [4.78, 5) is 2.74. The van der Waals surface area contributed by atoms with Gasteiger partial charge >= 0.3 is 0 Å². The molecule has 1 saturated carbocycles. The van der Waals surface area contributed by atoms with E-state index in [0.717, 1.165) is 18.1 Å². The second-order valence-corrected chi connectivity index (χ2v) is 6.09. The van der Waals surface area contributed by atoms with Crippen molar-refractivity contribution in [1.82, 2.24) is 10.2 Å². The van der Waals surface area contributed by atoms with E-state index in [1.807, 2.05) is 7.11 Å². The van der Waals surface area contributed by atoms with Gasteiger partial charge in [-0.3, -0.25) is 4.90 Å². The summed E-state index contributed by atoms with van der Waals surface area (Å²) < 4.78 is 5.50.